The maximum Gasteiger partial charge on any atom is 0.114 e. The van der Waals surface area contributed by atoms with E-state index in [1.165, 1.54) is 57.8 Å². The summed E-state index contributed by atoms with van der Waals surface area (Å²) in [4.78, 5) is 0. The second-order valence-electron chi connectivity index (χ2n) is 7.73. The van der Waals surface area contributed by atoms with Crippen LogP contribution in [0.3, 0.4) is 0 Å². The van der Waals surface area contributed by atoms with Crippen LogP contribution in [0, 0.1) is 0 Å². The van der Waals surface area contributed by atoms with Gasteiger partial charge in [-0.2, -0.15) is 0 Å². The van der Waals surface area contributed by atoms with E-state index in [0.29, 0.717) is 6.61 Å². The Morgan fingerprint density at radius 2 is 1.52 bits per heavy atom. The minimum Gasteiger partial charge on any atom is -0.388 e. The molecule has 0 aliphatic carbocycles. The van der Waals surface area contributed by atoms with Crippen LogP contribution in [0.4, 0.5) is 0 Å². The third-order valence-electron chi connectivity index (χ3n) is 5.16. The highest BCUT2D eigenvalue weighted by atomic mass is 16.5. The molecule has 1 fully saturated rings. The van der Waals surface area contributed by atoms with Crippen molar-refractivity contribution in [2.24, 2.45) is 0 Å². The van der Waals surface area contributed by atoms with E-state index in [9.17, 15) is 15.3 Å². The lowest BCUT2D eigenvalue weighted by Gasteiger charge is -2.20. The van der Waals surface area contributed by atoms with E-state index in [1.807, 2.05) is 0 Å². The predicted octanol–water partition coefficient (Wildman–Crippen LogP) is 3.74. The van der Waals surface area contributed by atoms with E-state index in [0.717, 1.165) is 19.3 Å². The molecule has 1 saturated heterocycles. The minimum atomic E-state index is -1.03. The Balaban J connectivity index is 1.82. The molecule has 4 atom stereocenters. The van der Waals surface area contributed by atoms with E-state index in [-0.39, 0.29) is 13.2 Å². The molecule has 0 aromatic carbocycles. The lowest BCUT2D eigenvalue weighted by molar-refractivity contribution is -0.0813. The molecule has 5 nitrogen and oxygen atoms in total. The topological polar surface area (TPSA) is 79.2 Å². The van der Waals surface area contributed by atoms with E-state index < -0.39 is 24.4 Å². The molecule has 0 radical (unpaired) electrons. The third kappa shape index (κ3) is 11.9. The summed E-state index contributed by atoms with van der Waals surface area (Å²) in [6, 6.07) is 0. The van der Waals surface area contributed by atoms with Crippen LogP contribution >= 0.6 is 0 Å². The van der Waals surface area contributed by atoms with Gasteiger partial charge in [0.05, 0.1) is 13.2 Å². The first-order chi connectivity index (χ1) is 13.2. The van der Waals surface area contributed by atoms with Gasteiger partial charge in [0.25, 0.3) is 0 Å². The molecule has 1 aliphatic rings. The van der Waals surface area contributed by atoms with Crippen molar-refractivity contribution in [3.8, 4) is 0 Å². The number of aliphatic hydroxyl groups is 3. The fourth-order valence-electron chi connectivity index (χ4n) is 3.36. The van der Waals surface area contributed by atoms with Crippen LogP contribution in [0.1, 0.15) is 84.0 Å². The first-order valence-corrected chi connectivity index (χ1v) is 11.0. The molecule has 0 spiro atoms. The lowest BCUT2D eigenvalue weighted by atomic mass is 10.1. The van der Waals surface area contributed by atoms with Gasteiger partial charge in [0.1, 0.15) is 24.4 Å². The minimum absolute atomic E-state index is 0.0637. The fraction of sp³-hybridized carbons (Fsp3) is 0.909. The van der Waals surface area contributed by atoms with Crippen molar-refractivity contribution in [2.45, 2.75) is 108 Å². The third-order valence-corrected chi connectivity index (χ3v) is 5.16. The normalized spacial score (nSPS) is 24.1. The molecule has 0 saturated carbocycles. The summed E-state index contributed by atoms with van der Waals surface area (Å²) in [5, 5.41) is 29.0. The van der Waals surface area contributed by atoms with Gasteiger partial charge in [0.2, 0.25) is 0 Å². The zero-order chi connectivity index (χ0) is 19.7. The summed E-state index contributed by atoms with van der Waals surface area (Å²) in [7, 11) is 0. The van der Waals surface area contributed by atoms with Crippen LogP contribution in [-0.2, 0) is 9.47 Å². The molecule has 0 bridgehead atoms. The number of unbranched alkanes of at least 4 members (excludes halogenated alkanes) is 10. The Kier molecular flexibility index (Phi) is 15.0. The zero-order valence-corrected chi connectivity index (χ0v) is 17.2. The highest BCUT2D eigenvalue weighted by Gasteiger charge is 2.39. The Bertz CT molecular complexity index is 361. The van der Waals surface area contributed by atoms with Crippen LogP contribution in [0.2, 0.25) is 0 Å². The summed E-state index contributed by atoms with van der Waals surface area (Å²) < 4.78 is 10.6. The number of hydrogen-bond donors (Lipinski definition) is 3. The highest BCUT2D eigenvalue weighted by molar-refractivity contribution is 4.87. The molecule has 1 heterocycles. The van der Waals surface area contributed by atoms with E-state index in [2.05, 4.69) is 19.1 Å². The highest BCUT2D eigenvalue weighted by Crippen LogP contribution is 2.18. The van der Waals surface area contributed by atoms with Crippen molar-refractivity contribution in [2.75, 3.05) is 19.8 Å². The summed E-state index contributed by atoms with van der Waals surface area (Å²) in [5.74, 6) is 0. The van der Waals surface area contributed by atoms with Crippen molar-refractivity contribution in [1.29, 1.82) is 0 Å². The lowest BCUT2D eigenvalue weighted by Crippen LogP contribution is -2.40. The van der Waals surface area contributed by atoms with Crippen LogP contribution in [0.25, 0.3) is 0 Å². The number of rotatable bonds is 17. The van der Waals surface area contributed by atoms with Crippen molar-refractivity contribution < 1.29 is 24.8 Å². The monoisotopic (exact) mass is 386 g/mol. The molecule has 27 heavy (non-hydrogen) atoms. The summed E-state index contributed by atoms with van der Waals surface area (Å²) in [6.07, 6.45) is 16.2. The number of aliphatic hydroxyl groups excluding tert-OH is 3. The molecule has 0 aromatic heterocycles. The Morgan fingerprint density at radius 3 is 2.11 bits per heavy atom. The predicted molar refractivity (Wildman–Crippen MR) is 109 cm³/mol. The second-order valence-corrected chi connectivity index (χ2v) is 7.73. The van der Waals surface area contributed by atoms with Crippen molar-refractivity contribution in [3.05, 3.63) is 12.2 Å². The van der Waals surface area contributed by atoms with E-state index in [4.69, 9.17) is 9.47 Å². The Morgan fingerprint density at radius 1 is 0.926 bits per heavy atom. The summed E-state index contributed by atoms with van der Waals surface area (Å²) >= 11 is 0. The van der Waals surface area contributed by atoms with Gasteiger partial charge in [0, 0.05) is 6.61 Å². The quantitative estimate of drug-likeness (QED) is 0.262. The second kappa shape index (κ2) is 16.5. The van der Waals surface area contributed by atoms with Crippen molar-refractivity contribution in [3.63, 3.8) is 0 Å². The van der Waals surface area contributed by atoms with Crippen LogP contribution in [-0.4, -0.2) is 59.6 Å². The molecule has 5 heteroatoms. The molecular formula is C22H42O5. The van der Waals surface area contributed by atoms with Gasteiger partial charge in [0.15, 0.2) is 0 Å². The van der Waals surface area contributed by atoms with E-state index >= 15 is 0 Å². The molecule has 1 aliphatic heterocycles. The first-order valence-electron chi connectivity index (χ1n) is 11.0. The molecule has 0 aromatic rings. The first kappa shape index (κ1) is 24.6. The Hall–Kier alpha value is -0.460. The van der Waals surface area contributed by atoms with Gasteiger partial charge in [-0.15, -0.1) is 0 Å². The molecule has 0 amide bonds. The van der Waals surface area contributed by atoms with Gasteiger partial charge < -0.3 is 24.8 Å². The van der Waals surface area contributed by atoms with Crippen molar-refractivity contribution in [1.82, 2.24) is 0 Å². The van der Waals surface area contributed by atoms with Crippen LogP contribution < -0.4 is 0 Å². The smallest absolute Gasteiger partial charge is 0.114 e. The average Bonchev–Trinajstić information content (AvgIpc) is 3.00. The zero-order valence-electron chi connectivity index (χ0n) is 17.2. The largest absolute Gasteiger partial charge is 0.388 e. The number of ether oxygens (including phenoxy) is 2. The average molecular weight is 387 g/mol. The summed E-state index contributed by atoms with van der Waals surface area (Å²) in [5.41, 5.74) is 0. The standard InChI is InChI=1S/C22H42O5/c1-2-3-4-5-6-7-8-9-10-11-12-13-14-15-16-26-17-20(24)22-21(25)19(23)18-27-22/h11-12,19-25H,2-10,13-18H2,1H3/b12-11+/t19-,20+,21+,22+/m1/s1. The van der Waals surface area contributed by atoms with Gasteiger partial charge >= 0.3 is 0 Å². The summed E-state index contributed by atoms with van der Waals surface area (Å²) in [6.45, 7) is 3.04. The van der Waals surface area contributed by atoms with Gasteiger partial charge in [-0.3, -0.25) is 0 Å². The van der Waals surface area contributed by atoms with Gasteiger partial charge in [-0.1, -0.05) is 64.0 Å². The molecule has 0 unspecified atom stereocenters. The van der Waals surface area contributed by atoms with E-state index in [1.54, 1.807) is 0 Å². The molecule has 3 N–H and O–H groups in total. The SMILES string of the molecule is CCCCCCCCCC/C=C/CCCCOC[C@H](O)[C@@H]1OC[C@@H](O)[C@@H]1O. The number of hydrogen-bond acceptors (Lipinski definition) is 5. The van der Waals surface area contributed by atoms with Crippen molar-refractivity contribution >= 4 is 0 Å². The molecule has 160 valence electrons. The number of allylic oxidation sites excluding steroid dienone is 2. The van der Waals surface area contributed by atoms with Crippen LogP contribution in [0.15, 0.2) is 12.2 Å². The van der Waals surface area contributed by atoms with Gasteiger partial charge in [-0.25, -0.2) is 0 Å². The molecular weight excluding hydrogens is 344 g/mol. The van der Waals surface area contributed by atoms with Crippen LogP contribution in [0.5, 0.6) is 0 Å². The fourth-order valence-corrected chi connectivity index (χ4v) is 3.36. The maximum atomic E-state index is 9.92. The molecule has 1 rings (SSSR count). The Labute approximate surface area is 165 Å². The van der Waals surface area contributed by atoms with Gasteiger partial charge in [-0.05, 0) is 32.1 Å². The maximum absolute atomic E-state index is 9.92.